The Kier molecular flexibility index (Phi) is 8.28. The van der Waals surface area contributed by atoms with Crippen LogP contribution in [0.2, 0.25) is 0 Å². The van der Waals surface area contributed by atoms with E-state index in [0.29, 0.717) is 18.9 Å². The monoisotopic (exact) mass is 537 g/mol. The van der Waals surface area contributed by atoms with E-state index in [0.717, 1.165) is 28.1 Å². The predicted octanol–water partition coefficient (Wildman–Crippen LogP) is 4.46. The van der Waals surface area contributed by atoms with Gasteiger partial charge in [-0.3, -0.25) is 14.5 Å². The second-order valence-electron chi connectivity index (χ2n) is 11.0. The number of fused-ring (bicyclic) bond motifs is 1. The minimum absolute atomic E-state index is 0.128. The number of aryl methyl sites for hydroxylation is 1. The van der Waals surface area contributed by atoms with Gasteiger partial charge in [-0.2, -0.15) is 5.10 Å². The minimum atomic E-state index is -0.376. The Hall–Kier alpha value is -3.17. The van der Waals surface area contributed by atoms with Crippen molar-refractivity contribution in [3.05, 3.63) is 76.7 Å². The van der Waals surface area contributed by atoms with E-state index in [2.05, 4.69) is 26.1 Å². The number of nitrogens with one attached hydrogen (secondary N) is 1. The molecule has 0 radical (unpaired) electrons. The number of amides is 2. The first-order chi connectivity index (χ1) is 18.0. The van der Waals surface area contributed by atoms with Gasteiger partial charge in [0.2, 0.25) is 11.8 Å². The molecule has 7 nitrogen and oxygen atoms in total. The first-order valence-electron chi connectivity index (χ1n) is 12.7. The summed E-state index contributed by atoms with van der Waals surface area (Å²) >= 11 is 1.44. The molecule has 4 rings (SSSR count). The third kappa shape index (κ3) is 6.10. The number of hydrogen-bond acceptors (Lipinski definition) is 5. The predicted molar refractivity (Wildman–Crippen MR) is 152 cm³/mol. The van der Waals surface area contributed by atoms with Crippen molar-refractivity contribution < 1.29 is 14.0 Å². The van der Waals surface area contributed by atoms with Crippen LogP contribution in [0.1, 0.15) is 48.4 Å². The summed E-state index contributed by atoms with van der Waals surface area (Å²) < 4.78 is 16.2. The maximum absolute atomic E-state index is 14.4. The van der Waals surface area contributed by atoms with E-state index in [-0.39, 0.29) is 40.6 Å². The van der Waals surface area contributed by atoms with E-state index in [9.17, 15) is 14.0 Å². The number of thioether (sulfide) groups is 1. The molecule has 0 saturated heterocycles. The zero-order valence-corrected chi connectivity index (χ0v) is 23.7. The minimum Gasteiger partial charge on any atom is -0.353 e. The molecule has 0 saturated carbocycles. The molecule has 202 valence electrons. The Morgan fingerprint density at radius 2 is 1.89 bits per heavy atom. The van der Waals surface area contributed by atoms with Crippen LogP contribution in [0.5, 0.6) is 0 Å². The van der Waals surface area contributed by atoms with Crippen LogP contribution in [-0.2, 0) is 15.0 Å². The van der Waals surface area contributed by atoms with Gasteiger partial charge in [0, 0.05) is 24.1 Å². The molecule has 1 aliphatic rings. The van der Waals surface area contributed by atoms with Crippen molar-refractivity contribution in [1.29, 1.82) is 0 Å². The molecule has 0 fully saturated rings. The fourth-order valence-corrected chi connectivity index (χ4v) is 5.68. The normalized spacial score (nSPS) is 15.9. The van der Waals surface area contributed by atoms with Crippen molar-refractivity contribution in [2.75, 3.05) is 44.4 Å². The molecular weight excluding hydrogens is 501 g/mol. The first-order valence-corrected chi connectivity index (χ1v) is 13.8. The molecule has 1 N–H and O–H groups in total. The Bertz CT molecular complexity index is 1310. The largest absolute Gasteiger partial charge is 0.353 e. The van der Waals surface area contributed by atoms with Gasteiger partial charge in [0.1, 0.15) is 18.2 Å². The van der Waals surface area contributed by atoms with Gasteiger partial charge in [-0.25, -0.2) is 9.07 Å². The highest BCUT2D eigenvalue weighted by Gasteiger charge is 2.40. The van der Waals surface area contributed by atoms with Crippen LogP contribution in [0, 0.1) is 12.7 Å². The smallest absolute Gasteiger partial charge is 0.240 e. The van der Waals surface area contributed by atoms with Gasteiger partial charge in [-0.1, -0.05) is 50.6 Å². The zero-order chi connectivity index (χ0) is 27.6. The molecule has 2 heterocycles. The lowest BCUT2D eigenvalue weighted by Gasteiger charge is -2.24. The molecule has 0 spiro atoms. The van der Waals surface area contributed by atoms with Crippen LogP contribution in [0.3, 0.4) is 0 Å². The van der Waals surface area contributed by atoms with Gasteiger partial charge in [-0.15, -0.1) is 11.8 Å². The van der Waals surface area contributed by atoms with E-state index in [1.807, 2.05) is 56.3 Å². The van der Waals surface area contributed by atoms with Crippen LogP contribution in [0.25, 0.3) is 5.69 Å². The molecule has 0 unspecified atom stereocenters. The van der Waals surface area contributed by atoms with E-state index in [4.69, 9.17) is 5.10 Å². The van der Waals surface area contributed by atoms with E-state index < -0.39 is 0 Å². The first kappa shape index (κ1) is 27.9. The summed E-state index contributed by atoms with van der Waals surface area (Å²) in [7, 11) is 3.88. The number of halogens is 1. The molecule has 1 aromatic heterocycles. The molecule has 1 atom stereocenters. The average Bonchev–Trinajstić information content (AvgIpc) is 3.17. The van der Waals surface area contributed by atoms with Crippen LogP contribution >= 0.6 is 11.8 Å². The summed E-state index contributed by atoms with van der Waals surface area (Å²) in [5, 5.41) is 7.65. The van der Waals surface area contributed by atoms with Crippen molar-refractivity contribution in [2.24, 2.45) is 0 Å². The number of carbonyl (C=O) groups excluding carboxylic acids is 2. The molecule has 3 aromatic rings. The van der Waals surface area contributed by atoms with E-state index in [1.165, 1.54) is 23.9 Å². The Morgan fingerprint density at radius 1 is 1.18 bits per heavy atom. The van der Waals surface area contributed by atoms with Crippen LogP contribution < -0.4 is 10.2 Å². The van der Waals surface area contributed by atoms with Gasteiger partial charge in [0.25, 0.3) is 0 Å². The van der Waals surface area contributed by atoms with Crippen molar-refractivity contribution in [1.82, 2.24) is 20.0 Å². The highest BCUT2D eigenvalue weighted by Crippen LogP contribution is 2.48. The number of aromatic nitrogens is 2. The van der Waals surface area contributed by atoms with Gasteiger partial charge in [0.05, 0.1) is 22.4 Å². The van der Waals surface area contributed by atoms with Crippen molar-refractivity contribution in [3.8, 4) is 5.69 Å². The molecule has 2 amide bonds. The van der Waals surface area contributed by atoms with Crippen LogP contribution in [0.4, 0.5) is 10.2 Å². The summed E-state index contributed by atoms with van der Waals surface area (Å²) in [6, 6.07) is 14.4. The van der Waals surface area contributed by atoms with Gasteiger partial charge in [-0.05, 0) is 50.8 Å². The summed E-state index contributed by atoms with van der Waals surface area (Å²) in [5.41, 5.74) is 3.92. The number of rotatable bonds is 7. The molecule has 38 heavy (non-hydrogen) atoms. The third-order valence-electron chi connectivity index (χ3n) is 6.41. The second kappa shape index (κ2) is 11.3. The Labute approximate surface area is 228 Å². The maximum Gasteiger partial charge on any atom is 0.240 e. The molecule has 0 aliphatic carbocycles. The fraction of sp³-hybridized carbons (Fsp3) is 0.414. The average molecular weight is 538 g/mol. The highest BCUT2D eigenvalue weighted by atomic mass is 32.2. The molecular formula is C29H36FN5O2S. The van der Waals surface area contributed by atoms with E-state index in [1.54, 1.807) is 15.6 Å². The maximum atomic E-state index is 14.4. The molecule has 0 bridgehead atoms. The highest BCUT2D eigenvalue weighted by molar-refractivity contribution is 8.00. The Balaban J connectivity index is 1.92. The quantitative estimate of drug-likeness (QED) is 0.482. The standard InChI is InChI=1S/C29H36FN5O2S/c1-19-10-12-22(13-11-19)35-28-25(27(32-35)29(2,3)4)26(20-8-7-9-21(30)16-20)38-18-24(37)34(28)17-23(36)31-14-15-33(5)6/h7-13,16,26H,14-15,17-18H2,1-6H3,(H,31,36)/t26-/m1/s1. The number of nitrogens with zero attached hydrogens (tertiary/aromatic N) is 4. The lowest BCUT2D eigenvalue weighted by atomic mass is 9.87. The van der Waals surface area contributed by atoms with Crippen molar-refractivity contribution in [2.45, 2.75) is 38.4 Å². The van der Waals surface area contributed by atoms with Crippen LogP contribution in [0.15, 0.2) is 48.5 Å². The lowest BCUT2D eigenvalue weighted by Crippen LogP contribution is -2.43. The summed E-state index contributed by atoms with van der Waals surface area (Å²) in [6.07, 6.45) is 0. The summed E-state index contributed by atoms with van der Waals surface area (Å²) in [6.45, 7) is 9.29. The van der Waals surface area contributed by atoms with E-state index >= 15 is 0 Å². The van der Waals surface area contributed by atoms with Crippen LogP contribution in [-0.4, -0.2) is 66.0 Å². The topological polar surface area (TPSA) is 70.5 Å². The SMILES string of the molecule is Cc1ccc(-n2nc(C(C)(C)C)c3c2N(CC(=O)NCCN(C)C)C(=O)CS[C@@H]3c2cccc(F)c2)cc1. The number of anilines is 1. The fourth-order valence-electron chi connectivity index (χ4n) is 4.49. The molecule has 1 aliphatic heterocycles. The number of benzene rings is 2. The number of likely N-dealkylation sites (N-methyl/N-ethyl adjacent to an activating group) is 1. The molecule has 9 heteroatoms. The summed E-state index contributed by atoms with van der Waals surface area (Å²) in [4.78, 5) is 30.2. The number of hydrogen-bond donors (Lipinski definition) is 1. The zero-order valence-electron chi connectivity index (χ0n) is 22.9. The lowest BCUT2D eigenvalue weighted by molar-refractivity contribution is -0.122. The van der Waals surface area contributed by atoms with Crippen molar-refractivity contribution >= 4 is 29.4 Å². The molecule has 2 aromatic carbocycles. The third-order valence-corrected chi connectivity index (χ3v) is 7.67. The Morgan fingerprint density at radius 3 is 2.53 bits per heavy atom. The van der Waals surface area contributed by atoms with Gasteiger partial charge in [0.15, 0.2) is 0 Å². The van der Waals surface area contributed by atoms with Gasteiger partial charge < -0.3 is 10.2 Å². The summed E-state index contributed by atoms with van der Waals surface area (Å²) in [5.74, 6) is -0.0504. The number of carbonyl (C=O) groups is 2. The van der Waals surface area contributed by atoms with Gasteiger partial charge >= 0.3 is 0 Å². The van der Waals surface area contributed by atoms with Crippen molar-refractivity contribution in [3.63, 3.8) is 0 Å². The second-order valence-corrected chi connectivity index (χ2v) is 12.1.